The van der Waals surface area contributed by atoms with Crippen LogP contribution in [0.1, 0.15) is 0 Å². The van der Waals surface area contributed by atoms with Gasteiger partial charge in [-0.2, -0.15) is 42.1 Å². The van der Waals surface area contributed by atoms with Gasteiger partial charge in [0, 0.05) is 0 Å². The monoisotopic (exact) mass is 860 g/mol. The summed E-state index contributed by atoms with van der Waals surface area (Å²) < 4.78 is 234. The summed E-state index contributed by atoms with van der Waals surface area (Å²) in [6, 6.07) is 0. The summed E-state index contributed by atoms with van der Waals surface area (Å²) in [4.78, 5) is 0. The summed E-state index contributed by atoms with van der Waals surface area (Å²) in [7, 11) is -35.3. The zero-order valence-electron chi connectivity index (χ0n) is 22.8. The number of aliphatic hydroxyl groups is 2. The van der Waals surface area contributed by atoms with Crippen LogP contribution in [0.2, 0.25) is 0 Å². The first-order chi connectivity index (χ1) is 20.8. The standard InChI is InChI=1S/C12H22O29S6.K/c13-1-4-6(14)8(39-45(24,25)26)9(40-46(27,28)29)11(35-4)37-12(3-34-43(18,19)20)10(41-47(30,31)32)7(38-44(21,22)23)5(36-12)2-33-42(15,16)17;/h4-11,13-14H,1-3H2,(H,15,16,17)(H,18,19,20)(H,21,22,23)(H,24,25,26)(H,27,28,29)(H,30,31,32);/q;+1/p-1/t4-,5-,6-,7-,8+,9-,10+,11-,12+;/m1./s1. The minimum Gasteiger partial charge on any atom is -0.726 e. The number of rotatable bonds is 17. The van der Waals surface area contributed by atoms with Gasteiger partial charge in [0.15, 0.2) is 18.5 Å². The van der Waals surface area contributed by atoms with Crippen LogP contribution in [0.4, 0.5) is 0 Å². The third-order valence-electron chi connectivity index (χ3n) is 5.27. The fourth-order valence-electron chi connectivity index (χ4n) is 3.85. The summed E-state index contributed by atoms with van der Waals surface area (Å²) >= 11 is 0. The molecule has 0 aliphatic carbocycles. The molecule has 2 aliphatic heterocycles. The Morgan fingerprint density at radius 2 is 1.10 bits per heavy atom. The van der Waals surface area contributed by atoms with E-state index in [1.165, 1.54) is 0 Å². The molecule has 0 amide bonds. The molecule has 48 heavy (non-hydrogen) atoms. The average molecular weight is 861 g/mol. The van der Waals surface area contributed by atoms with E-state index in [-0.39, 0.29) is 51.4 Å². The minimum absolute atomic E-state index is 0. The van der Waals surface area contributed by atoms with Gasteiger partial charge in [-0.1, -0.05) is 0 Å². The predicted octanol–water partition coefficient (Wildman–Crippen LogP) is -9.77. The Bertz CT molecular complexity index is 1770. The molecular formula is C12H21KO29S6. The summed E-state index contributed by atoms with van der Waals surface area (Å²) in [5, 5.41) is 19.9. The molecule has 0 spiro atoms. The Morgan fingerprint density at radius 1 is 0.646 bits per heavy atom. The Kier molecular flexibility index (Phi) is 16.3. The molecule has 0 aromatic carbocycles. The van der Waals surface area contributed by atoms with Crippen LogP contribution in [0.5, 0.6) is 0 Å². The fourth-order valence-corrected chi connectivity index (χ4v) is 6.48. The van der Waals surface area contributed by atoms with E-state index in [4.69, 9.17) is 23.3 Å². The number of aliphatic hydroxyl groups excluding tert-OH is 2. The minimum atomic E-state index is -6.06. The van der Waals surface area contributed by atoms with Gasteiger partial charge in [0.1, 0.15) is 37.1 Å². The molecule has 2 heterocycles. The van der Waals surface area contributed by atoms with Gasteiger partial charge in [-0.15, -0.1) is 0 Å². The summed E-state index contributed by atoms with van der Waals surface area (Å²) in [6.45, 7) is -5.43. The predicted molar refractivity (Wildman–Crippen MR) is 129 cm³/mol. The second-order valence-corrected chi connectivity index (χ2v) is 14.9. The van der Waals surface area contributed by atoms with Crippen molar-refractivity contribution in [1.82, 2.24) is 0 Å². The molecular weight excluding hydrogens is 840 g/mol. The van der Waals surface area contributed by atoms with Crippen LogP contribution in [0.25, 0.3) is 0 Å². The van der Waals surface area contributed by atoms with Crippen molar-refractivity contribution in [1.29, 1.82) is 0 Å². The van der Waals surface area contributed by atoms with E-state index < -0.39 is 137 Å². The Morgan fingerprint density at radius 3 is 1.52 bits per heavy atom. The van der Waals surface area contributed by atoms with E-state index in [9.17, 15) is 78.9 Å². The van der Waals surface area contributed by atoms with Gasteiger partial charge in [-0.25, -0.2) is 29.3 Å². The molecule has 280 valence electrons. The van der Waals surface area contributed by atoms with Gasteiger partial charge in [-0.05, 0) is 0 Å². The van der Waals surface area contributed by atoms with Crippen molar-refractivity contribution < 1.29 is 179 Å². The molecule has 2 aliphatic rings. The molecule has 9 atom stereocenters. The molecule has 2 rings (SSSR count). The first kappa shape index (κ1) is 46.7. The fraction of sp³-hybridized carbons (Fsp3) is 1.00. The van der Waals surface area contributed by atoms with Crippen molar-refractivity contribution in [2.24, 2.45) is 0 Å². The third-order valence-corrected chi connectivity index (χ3v) is 7.96. The second kappa shape index (κ2) is 16.8. The van der Waals surface area contributed by atoms with E-state index in [0.29, 0.717) is 0 Å². The SMILES string of the molecule is O=S(=O)([O-])OC[C@@]1(O[C@H]2O[C@H](CO)[C@@H](O)[C@H](OS(=O)(=O)O)[C@H]2OS(=O)(=O)O)O[C@H](COS(=O)(=O)O)[C@@H](OS(=O)(=O)O)[C@@H]1OS(=O)(=O)O.[K+]. The van der Waals surface area contributed by atoms with Crippen LogP contribution in [0.15, 0.2) is 0 Å². The van der Waals surface area contributed by atoms with Gasteiger partial charge in [0.05, 0.1) is 13.2 Å². The third kappa shape index (κ3) is 15.3. The molecule has 0 unspecified atom stereocenters. The average Bonchev–Trinajstić information content (AvgIpc) is 3.08. The van der Waals surface area contributed by atoms with E-state index in [1.807, 2.05) is 0 Å². The maximum Gasteiger partial charge on any atom is 1.00 e. The van der Waals surface area contributed by atoms with Crippen LogP contribution in [0, 0.1) is 0 Å². The Balaban J connectivity index is 0.0000115. The van der Waals surface area contributed by atoms with Crippen LogP contribution in [0.3, 0.4) is 0 Å². The van der Waals surface area contributed by atoms with Gasteiger partial charge in [0.2, 0.25) is 16.2 Å². The Labute approximate surface area is 312 Å². The first-order valence-electron chi connectivity index (χ1n) is 11.0. The molecule has 2 saturated heterocycles. The summed E-state index contributed by atoms with van der Waals surface area (Å²) in [5.74, 6) is -3.87. The number of hydrogen-bond donors (Lipinski definition) is 7. The molecule has 0 aromatic rings. The zero-order valence-corrected chi connectivity index (χ0v) is 30.8. The molecule has 0 saturated carbocycles. The van der Waals surface area contributed by atoms with Crippen molar-refractivity contribution in [3.05, 3.63) is 0 Å². The van der Waals surface area contributed by atoms with E-state index in [0.717, 1.165) is 0 Å². The molecule has 29 nitrogen and oxygen atoms in total. The topological polar surface area (TPSA) is 453 Å². The van der Waals surface area contributed by atoms with Crippen LogP contribution >= 0.6 is 0 Å². The van der Waals surface area contributed by atoms with E-state index in [2.05, 4.69) is 25.1 Å². The largest absolute Gasteiger partial charge is 1.00 e. The van der Waals surface area contributed by atoms with E-state index in [1.54, 1.807) is 0 Å². The van der Waals surface area contributed by atoms with Crippen LogP contribution in [-0.4, -0.2) is 163 Å². The van der Waals surface area contributed by atoms with Crippen molar-refractivity contribution >= 4 is 62.4 Å². The molecule has 36 heteroatoms. The quantitative estimate of drug-likeness (QED) is 0.0405. The number of hydrogen-bond acceptors (Lipinski definition) is 24. The van der Waals surface area contributed by atoms with Crippen molar-refractivity contribution in [3.63, 3.8) is 0 Å². The number of ether oxygens (including phenoxy) is 3. The molecule has 0 aromatic heterocycles. The maximum absolute atomic E-state index is 11.7. The van der Waals surface area contributed by atoms with Crippen LogP contribution in [-0.2, 0) is 102 Å². The first-order valence-corrected chi connectivity index (χ1v) is 19.1. The van der Waals surface area contributed by atoms with Crippen molar-refractivity contribution in [2.45, 2.75) is 54.8 Å². The van der Waals surface area contributed by atoms with Crippen molar-refractivity contribution in [3.8, 4) is 0 Å². The van der Waals surface area contributed by atoms with Gasteiger partial charge in [0.25, 0.3) is 0 Å². The molecule has 2 fully saturated rings. The zero-order chi connectivity index (χ0) is 36.6. The smallest absolute Gasteiger partial charge is 0.726 e. The summed E-state index contributed by atoms with van der Waals surface area (Å²) in [5.41, 5.74) is 0. The maximum atomic E-state index is 11.7. The van der Waals surface area contributed by atoms with E-state index >= 15 is 0 Å². The van der Waals surface area contributed by atoms with Gasteiger partial charge < -0.3 is 29.0 Å². The van der Waals surface area contributed by atoms with Crippen molar-refractivity contribution in [2.75, 3.05) is 19.8 Å². The molecule has 0 bridgehead atoms. The second-order valence-electron chi connectivity index (χ2n) is 8.60. The molecule has 0 radical (unpaired) electrons. The van der Waals surface area contributed by atoms with Gasteiger partial charge >= 0.3 is 103 Å². The summed E-state index contributed by atoms with van der Waals surface area (Å²) in [6.07, 6.45) is -22.8. The Hall–Kier alpha value is 0.656. The van der Waals surface area contributed by atoms with Gasteiger partial charge in [-0.3, -0.25) is 26.9 Å². The van der Waals surface area contributed by atoms with Crippen LogP contribution < -0.4 is 51.4 Å². The molecule has 7 N–H and O–H groups in total. The normalized spacial score (nSPS) is 32.5.